The molecule has 0 bridgehead atoms. The first kappa shape index (κ1) is 11.1. The van der Waals surface area contributed by atoms with Gasteiger partial charge < -0.3 is 11.5 Å². The highest BCUT2D eigenvalue weighted by molar-refractivity contribution is 5.78. The number of azo groups is 1. The SMILES string of the molecule is Cn1nnc2ccc(N=Nc3c(N)n[nH]c3N)cc21. The van der Waals surface area contributed by atoms with Crippen molar-refractivity contribution in [2.24, 2.45) is 17.3 Å². The number of hydrogen-bond acceptors (Lipinski definition) is 7. The second kappa shape index (κ2) is 4.05. The van der Waals surface area contributed by atoms with Crippen molar-refractivity contribution in [2.45, 2.75) is 0 Å². The summed E-state index contributed by atoms with van der Waals surface area (Å²) in [5, 5.41) is 22.2. The molecule has 2 heterocycles. The van der Waals surface area contributed by atoms with E-state index >= 15 is 0 Å². The monoisotopic (exact) mass is 257 g/mol. The third-order valence-electron chi connectivity index (χ3n) is 2.65. The number of nitrogens with two attached hydrogens (primary N) is 2. The molecule has 0 saturated carbocycles. The van der Waals surface area contributed by atoms with Crippen LogP contribution in [0, 0.1) is 0 Å². The standard InChI is InChI=1S/C10H11N9/c1-19-7-4-5(2-3-6(7)14-18-19)13-15-8-9(11)16-17-10(8)12/h2-4H,1H3,(H5,11,12,16,17). The summed E-state index contributed by atoms with van der Waals surface area (Å²) in [5.41, 5.74) is 13.9. The molecule has 0 fully saturated rings. The number of fused-ring (bicyclic) bond motifs is 1. The Hall–Kier alpha value is -2.97. The third-order valence-corrected chi connectivity index (χ3v) is 2.65. The topological polar surface area (TPSA) is 136 Å². The fourth-order valence-corrected chi connectivity index (χ4v) is 1.66. The molecule has 0 aliphatic carbocycles. The van der Waals surface area contributed by atoms with E-state index in [0.29, 0.717) is 11.4 Å². The van der Waals surface area contributed by atoms with Gasteiger partial charge in [0, 0.05) is 7.05 Å². The highest BCUT2D eigenvalue weighted by atomic mass is 15.4. The lowest BCUT2D eigenvalue weighted by atomic mass is 10.3. The fraction of sp³-hybridized carbons (Fsp3) is 0.100. The average Bonchev–Trinajstić information content (AvgIpc) is 2.92. The summed E-state index contributed by atoms with van der Waals surface area (Å²) in [7, 11) is 1.81. The molecule has 0 atom stereocenters. The molecule has 0 radical (unpaired) electrons. The van der Waals surface area contributed by atoms with Gasteiger partial charge in [-0.3, -0.25) is 5.10 Å². The average molecular weight is 257 g/mol. The molecule has 9 heteroatoms. The van der Waals surface area contributed by atoms with Crippen molar-refractivity contribution < 1.29 is 0 Å². The van der Waals surface area contributed by atoms with Crippen LogP contribution in [-0.4, -0.2) is 25.2 Å². The van der Waals surface area contributed by atoms with E-state index < -0.39 is 0 Å². The molecule has 1 aromatic carbocycles. The van der Waals surface area contributed by atoms with Crippen LogP contribution in [0.3, 0.4) is 0 Å². The Kier molecular flexibility index (Phi) is 2.37. The Morgan fingerprint density at radius 3 is 2.84 bits per heavy atom. The van der Waals surface area contributed by atoms with E-state index in [9.17, 15) is 0 Å². The van der Waals surface area contributed by atoms with E-state index in [-0.39, 0.29) is 11.6 Å². The molecule has 19 heavy (non-hydrogen) atoms. The van der Waals surface area contributed by atoms with Gasteiger partial charge in [0.15, 0.2) is 11.5 Å². The zero-order chi connectivity index (χ0) is 13.4. The van der Waals surface area contributed by atoms with Gasteiger partial charge in [0.25, 0.3) is 0 Å². The number of H-pyrrole nitrogens is 1. The maximum absolute atomic E-state index is 5.63. The highest BCUT2D eigenvalue weighted by Crippen LogP contribution is 2.28. The second-order valence-electron chi connectivity index (χ2n) is 3.96. The van der Waals surface area contributed by atoms with Crippen LogP contribution in [0.1, 0.15) is 0 Å². The smallest absolute Gasteiger partial charge is 0.175 e. The maximum atomic E-state index is 5.63. The van der Waals surface area contributed by atoms with Crippen molar-refractivity contribution in [3.05, 3.63) is 18.2 Å². The molecule has 5 N–H and O–H groups in total. The Morgan fingerprint density at radius 2 is 2.11 bits per heavy atom. The van der Waals surface area contributed by atoms with Gasteiger partial charge in [-0.2, -0.15) is 10.2 Å². The summed E-state index contributed by atoms with van der Waals surface area (Å²) in [6.07, 6.45) is 0. The van der Waals surface area contributed by atoms with Crippen LogP contribution >= 0.6 is 0 Å². The zero-order valence-electron chi connectivity index (χ0n) is 10.1. The first-order valence-electron chi connectivity index (χ1n) is 5.45. The van der Waals surface area contributed by atoms with Gasteiger partial charge >= 0.3 is 0 Å². The molecule has 9 nitrogen and oxygen atoms in total. The van der Waals surface area contributed by atoms with Crippen molar-refractivity contribution >= 4 is 34.0 Å². The summed E-state index contributed by atoms with van der Waals surface area (Å²) in [4.78, 5) is 0. The molecule has 0 saturated heterocycles. The predicted molar refractivity (Wildman–Crippen MR) is 70.1 cm³/mol. The van der Waals surface area contributed by atoms with Crippen molar-refractivity contribution in [3.8, 4) is 0 Å². The number of anilines is 2. The molecule has 0 aliphatic heterocycles. The molecular weight excluding hydrogens is 246 g/mol. The summed E-state index contributed by atoms with van der Waals surface area (Å²) < 4.78 is 1.66. The van der Waals surface area contributed by atoms with Crippen LogP contribution < -0.4 is 11.5 Å². The number of aromatic nitrogens is 5. The third kappa shape index (κ3) is 1.86. The quantitative estimate of drug-likeness (QED) is 0.594. The molecule has 96 valence electrons. The zero-order valence-corrected chi connectivity index (χ0v) is 10.1. The van der Waals surface area contributed by atoms with Crippen molar-refractivity contribution in [1.29, 1.82) is 0 Å². The van der Waals surface area contributed by atoms with E-state index in [1.165, 1.54) is 0 Å². The van der Waals surface area contributed by atoms with Crippen molar-refractivity contribution in [2.75, 3.05) is 11.5 Å². The van der Waals surface area contributed by atoms with Crippen LogP contribution in [0.2, 0.25) is 0 Å². The van der Waals surface area contributed by atoms with E-state index in [4.69, 9.17) is 11.5 Å². The largest absolute Gasteiger partial charge is 0.382 e. The minimum atomic E-state index is 0.213. The first-order valence-corrected chi connectivity index (χ1v) is 5.45. The summed E-state index contributed by atoms with van der Waals surface area (Å²) in [6, 6.07) is 5.43. The molecule has 3 rings (SSSR count). The Bertz CT molecular complexity index is 747. The Morgan fingerprint density at radius 1 is 1.26 bits per heavy atom. The summed E-state index contributed by atoms with van der Waals surface area (Å²) in [6.45, 7) is 0. The molecule has 3 aromatic rings. The molecular formula is C10H11N9. The van der Waals surface area contributed by atoms with Gasteiger partial charge in [0.1, 0.15) is 11.3 Å². The fourth-order valence-electron chi connectivity index (χ4n) is 1.66. The van der Waals surface area contributed by atoms with Gasteiger partial charge in [-0.25, -0.2) is 4.68 Å². The van der Waals surface area contributed by atoms with Gasteiger partial charge in [0.2, 0.25) is 0 Å². The van der Waals surface area contributed by atoms with Crippen molar-refractivity contribution in [3.63, 3.8) is 0 Å². The number of nitrogens with one attached hydrogen (secondary N) is 1. The van der Waals surface area contributed by atoms with E-state index in [1.54, 1.807) is 10.7 Å². The van der Waals surface area contributed by atoms with Crippen LogP contribution in [-0.2, 0) is 7.05 Å². The number of aryl methyl sites for hydroxylation is 1. The van der Waals surface area contributed by atoms with E-state index in [1.807, 2.05) is 19.2 Å². The lowest BCUT2D eigenvalue weighted by molar-refractivity contribution is 0.736. The molecule has 0 spiro atoms. The van der Waals surface area contributed by atoms with Gasteiger partial charge in [0.05, 0.1) is 11.2 Å². The number of hydrogen-bond donors (Lipinski definition) is 3. The highest BCUT2D eigenvalue weighted by Gasteiger charge is 2.07. The van der Waals surface area contributed by atoms with Crippen LogP contribution in [0.15, 0.2) is 28.4 Å². The number of benzene rings is 1. The van der Waals surface area contributed by atoms with Gasteiger partial charge in [-0.1, -0.05) is 5.21 Å². The second-order valence-corrected chi connectivity index (χ2v) is 3.96. The number of rotatable bonds is 2. The normalized spacial score (nSPS) is 11.6. The first-order chi connectivity index (χ1) is 9.15. The number of nitrogen functional groups attached to an aromatic ring is 2. The summed E-state index contributed by atoms with van der Waals surface area (Å²) in [5.74, 6) is 0.494. The number of nitrogens with zero attached hydrogens (tertiary/aromatic N) is 6. The predicted octanol–water partition coefficient (Wildman–Crippen LogP) is 1.27. The summed E-state index contributed by atoms with van der Waals surface area (Å²) >= 11 is 0. The lowest BCUT2D eigenvalue weighted by Crippen LogP contribution is -1.88. The minimum Gasteiger partial charge on any atom is -0.382 e. The Balaban J connectivity index is 1.99. The van der Waals surface area contributed by atoms with Crippen LogP contribution in [0.25, 0.3) is 11.0 Å². The van der Waals surface area contributed by atoms with Crippen LogP contribution in [0.4, 0.5) is 23.0 Å². The van der Waals surface area contributed by atoms with Crippen molar-refractivity contribution in [1.82, 2.24) is 25.2 Å². The maximum Gasteiger partial charge on any atom is 0.175 e. The minimum absolute atomic E-state index is 0.213. The van der Waals surface area contributed by atoms with E-state index in [2.05, 4.69) is 30.7 Å². The Labute approximate surface area is 107 Å². The number of aromatic amines is 1. The van der Waals surface area contributed by atoms with Crippen LogP contribution in [0.5, 0.6) is 0 Å². The molecule has 0 amide bonds. The van der Waals surface area contributed by atoms with Gasteiger partial charge in [-0.05, 0) is 18.2 Å². The molecule has 0 unspecified atom stereocenters. The molecule has 0 aliphatic rings. The van der Waals surface area contributed by atoms with Gasteiger partial charge in [-0.15, -0.1) is 10.2 Å². The lowest BCUT2D eigenvalue weighted by Gasteiger charge is -1.95. The molecule has 2 aromatic heterocycles. The van der Waals surface area contributed by atoms with E-state index in [0.717, 1.165) is 11.0 Å².